The van der Waals surface area contributed by atoms with Gasteiger partial charge in [0.05, 0.1) is 26.2 Å². The maximum atomic E-state index is 8.93. The molecule has 0 fully saturated rings. The van der Waals surface area contributed by atoms with E-state index in [-0.39, 0.29) is 0 Å². The Morgan fingerprint density at radius 2 is 1.62 bits per heavy atom. The minimum Gasteiger partial charge on any atom is -0.378 e. The van der Waals surface area contributed by atoms with Crippen LogP contribution in [0.15, 0.2) is 0 Å². The summed E-state index contributed by atoms with van der Waals surface area (Å²) in [7, 11) is 0. The fourth-order valence-corrected chi connectivity index (χ4v) is 1.89. The van der Waals surface area contributed by atoms with Crippen LogP contribution in [0, 0.1) is 0 Å². The smallest absolute Gasteiger partial charge is 0.128 e. The average molecular weight is 209 g/mol. The maximum Gasteiger partial charge on any atom is 0.128 e. The van der Waals surface area contributed by atoms with Gasteiger partial charge in [-0.05, 0) is 27.2 Å². The van der Waals surface area contributed by atoms with Crippen LogP contribution in [0.2, 0.25) is 0 Å². The van der Waals surface area contributed by atoms with E-state index in [1.807, 2.05) is 0 Å². The van der Waals surface area contributed by atoms with Crippen molar-refractivity contribution in [3.05, 3.63) is 0 Å². The molecule has 0 aromatic heterocycles. The molecule has 0 aliphatic carbocycles. The van der Waals surface area contributed by atoms with Crippen molar-refractivity contribution in [3.63, 3.8) is 0 Å². The van der Waals surface area contributed by atoms with Gasteiger partial charge in [-0.15, -0.1) is 0 Å². The molecule has 0 heterocycles. The first-order chi connectivity index (χ1) is 6.10. The van der Waals surface area contributed by atoms with E-state index in [0.717, 1.165) is 17.4 Å². The van der Waals surface area contributed by atoms with E-state index in [0.29, 0.717) is 6.42 Å². The molecular formula is C10H23ClNO+. The topological polar surface area (TPSA) is 20.2 Å². The lowest BCUT2D eigenvalue weighted by Gasteiger charge is -2.35. The zero-order valence-corrected chi connectivity index (χ0v) is 9.85. The number of aliphatic hydroxyl groups is 1. The minimum absolute atomic E-state index is 0.660. The van der Waals surface area contributed by atoms with Crippen LogP contribution >= 0.6 is 11.6 Å². The molecule has 0 aliphatic rings. The summed E-state index contributed by atoms with van der Waals surface area (Å²) in [5.74, 6) is 0. The number of quaternary nitrogens is 1. The molecule has 0 aromatic rings. The lowest BCUT2D eigenvalue weighted by Crippen LogP contribution is -2.48. The molecule has 80 valence electrons. The van der Waals surface area contributed by atoms with Gasteiger partial charge in [-0.1, -0.05) is 11.6 Å². The third-order valence-corrected chi connectivity index (χ3v) is 3.31. The van der Waals surface area contributed by atoms with Gasteiger partial charge in [-0.3, -0.25) is 0 Å². The van der Waals surface area contributed by atoms with Crippen molar-refractivity contribution >= 4 is 11.6 Å². The first kappa shape index (κ1) is 13.2. The van der Waals surface area contributed by atoms with Crippen LogP contribution in [0.1, 0.15) is 33.6 Å². The van der Waals surface area contributed by atoms with Crippen molar-refractivity contribution in [1.82, 2.24) is 0 Å². The third-order valence-electron chi connectivity index (χ3n) is 3.09. The molecule has 0 spiro atoms. The van der Waals surface area contributed by atoms with Crippen LogP contribution in [-0.2, 0) is 0 Å². The summed E-state index contributed by atoms with van der Waals surface area (Å²) >= 11 is 5.48. The lowest BCUT2D eigenvalue weighted by atomic mass is 10.2. The molecule has 0 amide bonds. The second kappa shape index (κ2) is 6.63. The number of alkyl halides is 1. The second-order valence-corrected chi connectivity index (χ2v) is 4.09. The molecule has 13 heavy (non-hydrogen) atoms. The van der Waals surface area contributed by atoms with Gasteiger partial charge in [0.1, 0.15) is 5.56 Å². The Morgan fingerprint density at radius 3 is 1.92 bits per heavy atom. The number of halogens is 1. The van der Waals surface area contributed by atoms with Crippen LogP contribution < -0.4 is 0 Å². The van der Waals surface area contributed by atoms with Crippen molar-refractivity contribution in [2.45, 2.75) is 39.2 Å². The zero-order valence-electron chi connectivity index (χ0n) is 9.09. The molecule has 1 atom stereocenters. The van der Waals surface area contributed by atoms with Crippen LogP contribution in [0.3, 0.4) is 0 Å². The van der Waals surface area contributed by atoms with Crippen molar-refractivity contribution in [1.29, 1.82) is 0 Å². The van der Waals surface area contributed by atoms with Gasteiger partial charge in [0.25, 0.3) is 0 Å². The molecule has 0 saturated carbocycles. The highest BCUT2D eigenvalue weighted by Crippen LogP contribution is 2.10. The Morgan fingerprint density at radius 1 is 1.15 bits per heavy atom. The van der Waals surface area contributed by atoms with Gasteiger partial charge >= 0.3 is 0 Å². The zero-order chi connectivity index (χ0) is 10.3. The summed E-state index contributed by atoms with van der Waals surface area (Å²) in [6.07, 6.45) is 1.72. The van der Waals surface area contributed by atoms with E-state index in [2.05, 4.69) is 20.8 Å². The average Bonchev–Trinajstić information content (AvgIpc) is 2.13. The monoisotopic (exact) mass is 208 g/mol. The van der Waals surface area contributed by atoms with Crippen LogP contribution in [0.4, 0.5) is 0 Å². The predicted molar refractivity (Wildman–Crippen MR) is 57.8 cm³/mol. The Hall–Kier alpha value is 0.210. The van der Waals surface area contributed by atoms with E-state index in [1.54, 1.807) is 0 Å². The number of hydrogen-bond acceptors (Lipinski definition) is 1. The van der Waals surface area contributed by atoms with E-state index in [9.17, 15) is 0 Å². The van der Waals surface area contributed by atoms with Crippen LogP contribution in [0.5, 0.6) is 0 Å². The van der Waals surface area contributed by atoms with Gasteiger partial charge in [-0.2, -0.15) is 0 Å². The number of hydrogen-bond donors (Lipinski definition) is 1. The van der Waals surface area contributed by atoms with Crippen molar-refractivity contribution < 1.29 is 9.59 Å². The Balaban J connectivity index is 3.81. The summed E-state index contributed by atoms with van der Waals surface area (Å²) in [6.45, 7) is 11.3. The van der Waals surface area contributed by atoms with E-state index in [1.165, 1.54) is 19.6 Å². The van der Waals surface area contributed by atoms with Crippen LogP contribution in [0.25, 0.3) is 0 Å². The third kappa shape index (κ3) is 4.84. The van der Waals surface area contributed by atoms with Crippen molar-refractivity contribution in [2.75, 3.05) is 26.2 Å². The molecule has 2 nitrogen and oxygen atoms in total. The van der Waals surface area contributed by atoms with Gasteiger partial charge in [0, 0.05) is 6.42 Å². The molecule has 0 saturated heterocycles. The van der Waals surface area contributed by atoms with E-state index < -0.39 is 5.56 Å². The quantitative estimate of drug-likeness (QED) is 0.503. The van der Waals surface area contributed by atoms with Gasteiger partial charge in [-0.25, -0.2) is 0 Å². The summed E-state index contributed by atoms with van der Waals surface area (Å²) in [5, 5.41) is 8.93. The first-order valence-electron chi connectivity index (χ1n) is 5.27. The maximum absolute atomic E-state index is 8.93. The summed E-state index contributed by atoms with van der Waals surface area (Å²) in [4.78, 5) is 0. The SMILES string of the molecule is CC[N+](CC)(CC)CCCC(O)Cl. The van der Waals surface area contributed by atoms with E-state index in [4.69, 9.17) is 16.7 Å². The van der Waals surface area contributed by atoms with Crippen LogP contribution in [-0.4, -0.2) is 41.3 Å². The molecule has 1 unspecified atom stereocenters. The van der Waals surface area contributed by atoms with Gasteiger partial charge < -0.3 is 9.59 Å². The first-order valence-corrected chi connectivity index (χ1v) is 5.71. The normalized spacial score (nSPS) is 14.5. The minimum atomic E-state index is -0.660. The standard InChI is InChI=1S/C10H23ClNO/c1-4-12(5-2,6-3)9-7-8-10(11)13/h10,13H,4-9H2,1-3H3/q+1. The van der Waals surface area contributed by atoms with E-state index >= 15 is 0 Å². The van der Waals surface area contributed by atoms with Crippen molar-refractivity contribution in [3.8, 4) is 0 Å². The number of nitrogens with zero attached hydrogens (tertiary/aromatic N) is 1. The molecular weight excluding hydrogens is 186 g/mol. The van der Waals surface area contributed by atoms with Gasteiger partial charge in [0.15, 0.2) is 0 Å². The number of aliphatic hydroxyl groups excluding tert-OH is 1. The Bertz CT molecular complexity index is 116. The summed E-state index contributed by atoms with van der Waals surface area (Å²) < 4.78 is 1.14. The number of rotatable bonds is 7. The molecule has 0 bridgehead atoms. The summed E-state index contributed by atoms with van der Waals surface area (Å²) in [6, 6.07) is 0. The molecule has 1 N–H and O–H groups in total. The Labute approximate surface area is 87.1 Å². The fourth-order valence-electron chi connectivity index (χ4n) is 1.74. The Kier molecular flexibility index (Phi) is 6.74. The van der Waals surface area contributed by atoms with Gasteiger partial charge in [0.2, 0.25) is 0 Å². The molecule has 0 aromatic carbocycles. The fraction of sp³-hybridized carbons (Fsp3) is 1.00. The second-order valence-electron chi connectivity index (χ2n) is 3.59. The molecule has 0 aliphatic heterocycles. The highest BCUT2D eigenvalue weighted by atomic mass is 35.5. The molecule has 0 rings (SSSR count). The summed E-state index contributed by atoms with van der Waals surface area (Å²) in [5.41, 5.74) is -0.660. The molecule has 0 radical (unpaired) electrons. The largest absolute Gasteiger partial charge is 0.378 e. The highest BCUT2D eigenvalue weighted by Gasteiger charge is 2.19. The van der Waals surface area contributed by atoms with Crippen molar-refractivity contribution in [2.24, 2.45) is 0 Å². The predicted octanol–water partition coefficient (Wildman–Crippen LogP) is 2.20. The highest BCUT2D eigenvalue weighted by molar-refractivity contribution is 6.19. The lowest BCUT2D eigenvalue weighted by molar-refractivity contribution is -0.923. The molecule has 3 heteroatoms.